The average molecular weight is 529 g/mol. The zero-order chi connectivity index (χ0) is 27.8. The van der Waals surface area contributed by atoms with Crippen LogP contribution in [0.5, 0.6) is 17.2 Å². The maximum Gasteiger partial charge on any atom is 0.250 e. The number of hydrogen-bond acceptors (Lipinski definition) is 7. The van der Waals surface area contributed by atoms with Gasteiger partial charge in [-0.25, -0.2) is 9.97 Å². The lowest BCUT2D eigenvalue weighted by Gasteiger charge is -2.10. The molecule has 0 saturated carbocycles. The minimum absolute atomic E-state index is 0.253. The Kier molecular flexibility index (Phi) is 8.78. The Hall–Kier alpha value is -4.86. The summed E-state index contributed by atoms with van der Waals surface area (Å²) in [6.45, 7) is 4.19. The van der Waals surface area contributed by atoms with E-state index in [0.29, 0.717) is 30.4 Å². The number of guanidine groups is 1. The summed E-state index contributed by atoms with van der Waals surface area (Å²) in [6, 6.07) is 13.2. The Morgan fingerprint density at radius 3 is 2.46 bits per heavy atom. The number of aliphatic imine (C=N–C) groups is 1. The van der Waals surface area contributed by atoms with Gasteiger partial charge in [0.1, 0.15) is 5.75 Å². The summed E-state index contributed by atoms with van der Waals surface area (Å²) in [5.74, 6) is 2.22. The molecule has 0 aliphatic carbocycles. The fraction of sp³-hybridized carbons (Fsp3) is 0.241. The highest BCUT2D eigenvalue weighted by Gasteiger charge is 2.10. The number of carbonyl (C=O) groups excluding carboxylic acids is 1. The van der Waals surface area contributed by atoms with E-state index in [9.17, 15) is 4.79 Å². The second-order valence-corrected chi connectivity index (χ2v) is 8.74. The van der Waals surface area contributed by atoms with Crippen LogP contribution in [-0.4, -0.2) is 54.7 Å². The van der Waals surface area contributed by atoms with Crippen LogP contribution in [-0.2, 0) is 11.2 Å². The number of amides is 1. The first kappa shape index (κ1) is 27.2. The maximum absolute atomic E-state index is 12.8. The van der Waals surface area contributed by atoms with E-state index in [0.717, 1.165) is 39.2 Å². The third-order valence-corrected chi connectivity index (χ3v) is 5.91. The molecule has 39 heavy (non-hydrogen) atoms. The van der Waals surface area contributed by atoms with Crippen molar-refractivity contribution < 1.29 is 19.0 Å². The van der Waals surface area contributed by atoms with Gasteiger partial charge in [0.15, 0.2) is 11.5 Å². The Bertz CT molecular complexity index is 1510. The molecule has 4 aromatic rings. The van der Waals surface area contributed by atoms with Crippen LogP contribution in [0.15, 0.2) is 59.7 Å². The maximum atomic E-state index is 12.8. The number of anilines is 1. The Labute approximate surface area is 227 Å². The number of aryl methyl sites for hydroxylation is 2. The molecule has 0 saturated heterocycles. The number of nitrogens with zero attached hydrogens (tertiary/aromatic N) is 3. The van der Waals surface area contributed by atoms with Gasteiger partial charge in [0, 0.05) is 47.2 Å². The predicted octanol–water partition coefficient (Wildman–Crippen LogP) is 4.44. The van der Waals surface area contributed by atoms with Gasteiger partial charge in [-0.1, -0.05) is 6.07 Å². The first-order valence-corrected chi connectivity index (χ1v) is 12.4. The third-order valence-electron chi connectivity index (χ3n) is 5.91. The summed E-state index contributed by atoms with van der Waals surface area (Å²) >= 11 is 0. The first-order valence-electron chi connectivity index (χ1n) is 12.4. The van der Waals surface area contributed by atoms with Gasteiger partial charge in [0.25, 0.3) is 5.91 Å². The summed E-state index contributed by atoms with van der Waals surface area (Å²) in [4.78, 5) is 29.5. The molecular formula is C29H32N6O4. The number of hydrogen-bond donors (Lipinski definition) is 3. The molecule has 10 heteroatoms. The van der Waals surface area contributed by atoms with E-state index in [1.165, 1.54) is 6.08 Å². The van der Waals surface area contributed by atoms with Crippen molar-refractivity contribution in [2.75, 3.05) is 33.2 Å². The van der Waals surface area contributed by atoms with Crippen LogP contribution in [0.3, 0.4) is 0 Å². The summed E-state index contributed by atoms with van der Waals surface area (Å²) in [5, 5.41) is 6.96. The van der Waals surface area contributed by atoms with Crippen molar-refractivity contribution in [3.63, 3.8) is 0 Å². The van der Waals surface area contributed by atoms with Crippen LogP contribution < -0.4 is 24.8 Å². The number of H-pyrrole nitrogens is 1. The highest BCUT2D eigenvalue weighted by Crippen LogP contribution is 2.28. The van der Waals surface area contributed by atoms with Crippen molar-refractivity contribution in [2.24, 2.45) is 4.99 Å². The topological polar surface area (TPSA) is 123 Å². The number of rotatable bonds is 9. The van der Waals surface area contributed by atoms with E-state index in [1.54, 1.807) is 39.5 Å². The number of fused-ring (bicyclic) bond motifs is 1. The van der Waals surface area contributed by atoms with Gasteiger partial charge in [-0.15, -0.1) is 0 Å². The molecule has 0 radical (unpaired) electrons. The average Bonchev–Trinajstić information content (AvgIpc) is 3.33. The number of aromatic nitrogens is 3. The number of methoxy groups -OCH3 is 3. The number of benzene rings is 2. The van der Waals surface area contributed by atoms with Gasteiger partial charge in [-0.2, -0.15) is 0 Å². The van der Waals surface area contributed by atoms with Crippen molar-refractivity contribution in [1.29, 1.82) is 0 Å². The van der Waals surface area contributed by atoms with Crippen molar-refractivity contribution in [3.05, 3.63) is 77.3 Å². The van der Waals surface area contributed by atoms with Gasteiger partial charge in [-0.3, -0.25) is 20.4 Å². The summed E-state index contributed by atoms with van der Waals surface area (Å²) in [6.07, 6.45) is 5.73. The lowest BCUT2D eigenvalue weighted by Crippen LogP contribution is -2.35. The van der Waals surface area contributed by atoms with Crippen LogP contribution in [0.1, 0.15) is 22.5 Å². The van der Waals surface area contributed by atoms with E-state index in [4.69, 9.17) is 14.2 Å². The number of aromatic amines is 1. The molecule has 0 bridgehead atoms. The van der Waals surface area contributed by atoms with E-state index in [-0.39, 0.29) is 11.9 Å². The molecule has 0 spiro atoms. The van der Waals surface area contributed by atoms with Crippen molar-refractivity contribution in [3.8, 4) is 17.2 Å². The van der Waals surface area contributed by atoms with Gasteiger partial charge in [0.05, 0.1) is 21.3 Å². The van der Waals surface area contributed by atoms with Crippen LogP contribution in [0.25, 0.3) is 17.0 Å². The molecule has 2 heterocycles. The fourth-order valence-electron chi connectivity index (χ4n) is 4.07. The molecule has 4 rings (SSSR count). The normalized spacial score (nSPS) is 11.6. The van der Waals surface area contributed by atoms with Gasteiger partial charge < -0.3 is 19.2 Å². The standard InChI is InChI=1S/C29H32N6O4/c1-18-14-19(2)33-29(32-18)35-28(30-13-12-21-17-31-24-16-22(37-3)8-9-23(21)24)34-27(36)11-7-20-6-10-25(38-4)26(15-20)39-5/h6-11,14-17,31H,12-13H2,1-5H3,(H2,30,32,33,34,35,36)/b11-7+. The van der Waals surface area contributed by atoms with Gasteiger partial charge >= 0.3 is 0 Å². The van der Waals surface area contributed by atoms with Crippen LogP contribution >= 0.6 is 0 Å². The molecule has 0 atom stereocenters. The Morgan fingerprint density at radius 2 is 1.74 bits per heavy atom. The lowest BCUT2D eigenvalue weighted by molar-refractivity contribution is -0.115. The van der Waals surface area contributed by atoms with Gasteiger partial charge in [0.2, 0.25) is 11.9 Å². The van der Waals surface area contributed by atoms with Crippen LogP contribution in [0.2, 0.25) is 0 Å². The van der Waals surface area contributed by atoms with Crippen molar-refractivity contribution in [2.45, 2.75) is 20.3 Å². The smallest absolute Gasteiger partial charge is 0.250 e. The second-order valence-electron chi connectivity index (χ2n) is 8.74. The molecule has 2 aromatic carbocycles. The van der Waals surface area contributed by atoms with Gasteiger partial charge in [-0.05, 0) is 67.8 Å². The van der Waals surface area contributed by atoms with Crippen molar-refractivity contribution >= 4 is 34.8 Å². The molecule has 2 aromatic heterocycles. The number of carbonyl (C=O) groups is 1. The highest BCUT2D eigenvalue weighted by atomic mass is 16.5. The summed E-state index contributed by atoms with van der Waals surface area (Å²) < 4.78 is 15.9. The molecule has 3 N–H and O–H groups in total. The van der Waals surface area contributed by atoms with Crippen LogP contribution in [0, 0.1) is 13.8 Å². The van der Waals surface area contributed by atoms with E-state index in [1.807, 2.05) is 50.4 Å². The summed E-state index contributed by atoms with van der Waals surface area (Å²) in [5.41, 5.74) is 4.49. The Morgan fingerprint density at radius 1 is 0.974 bits per heavy atom. The first-order chi connectivity index (χ1) is 18.9. The molecule has 0 unspecified atom stereocenters. The largest absolute Gasteiger partial charge is 0.497 e. The van der Waals surface area contributed by atoms with E-state index in [2.05, 4.69) is 30.6 Å². The number of ether oxygens (including phenoxy) is 3. The van der Waals surface area contributed by atoms with E-state index < -0.39 is 0 Å². The molecule has 0 fully saturated rings. The number of nitrogens with one attached hydrogen (secondary N) is 3. The SMILES string of the molecule is COc1ccc2c(CCN=C(NC(=O)/C=C/c3ccc(OC)c(OC)c3)Nc3nc(C)cc(C)n3)c[nH]c2c1. The highest BCUT2D eigenvalue weighted by molar-refractivity contribution is 6.08. The molecule has 202 valence electrons. The zero-order valence-corrected chi connectivity index (χ0v) is 22.7. The molecule has 0 aliphatic rings. The molecule has 0 aliphatic heterocycles. The third kappa shape index (κ3) is 7.13. The van der Waals surface area contributed by atoms with E-state index >= 15 is 0 Å². The predicted molar refractivity (Wildman–Crippen MR) is 153 cm³/mol. The summed E-state index contributed by atoms with van der Waals surface area (Å²) in [7, 11) is 4.78. The molecule has 1 amide bonds. The monoisotopic (exact) mass is 528 g/mol. The zero-order valence-electron chi connectivity index (χ0n) is 22.7. The molecule has 10 nitrogen and oxygen atoms in total. The second kappa shape index (κ2) is 12.6. The quantitative estimate of drug-likeness (QED) is 0.167. The molecular weight excluding hydrogens is 496 g/mol. The Balaban J connectivity index is 1.50. The van der Waals surface area contributed by atoms with Crippen LogP contribution in [0.4, 0.5) is 5.95 Å². The minimum Gasteiger partial charge on any atom is -0.497 e. The fourth-order valence-corrected chi connectivity index (χ4v) is 4.07. The minimum atomic E-state index is -0.361. The lowest BCUT2D eigenvalue weighted by atomic mass is 10.1. The van der Waals surface area contributed by atoms with Crippen molar-refractivity contribution in [1.82, 2.24) is 20.3 Å².